The summed E-state index contributed by atoms with van der Waals surface area (Å²) in [4.78, 5) is 0. The summed E-state index contributed by atoms with van der Waals surface area (Å²) in [7, 11) is 0. The number of hydrogen-bond acceptors (Lipinski definition) is 1. The Labute approximate surface area is 75.8 Å². The van der Waals surface area contributed by atoms with E-state index < -0.39 is 0 Å². The summed E-state index contributed by atoms with van der Waals surface area (Å²) in [6.07, 6.45) is 1.61. The van der Waals surface area contributed by atoms with Gasteiger partial charge < -0.3 is 4.42 Å². The van der Waals surface area contributed by atoms with Gasteiger partial charge in [0.2, 0.25) is 0 Å². The molecule has 0 spiro atoms. The van der Waals surface area contributed by atoms with Crippen molar-refractivity contribution in [3.05, 3.63) is 48.0 Å². The van der Waals surface area contributed by atoms with E-state index in [1.165, 1.54) is 12.1 Å². The van der Waals surface area contributed by atoms with Gasteiger partial charge in [0.1, 0.15) is 11.6 Å². The lowest BCUT2D eigenvalue weighted by atomic mass is 10.1. The van der Waals surface area contributed by atoms with Gasteiger partial charge >= 0.3 is 0 Å². The number of benzene rings is 1. The first-order valence-electron chi connectivity index (χ1n) is 4.07. The standard InChI is InChI=1S/C11H9FO/c1-8-5-6-13-11(8)9-3-2-4-10(12)7-9/h2-7H,1H3. The van der Waals surface area contributed by atoms with Crippen molar-refractivity contribution in [1.82, 2.24) is 0 Å². The molecule has 0 aliphatic rings. The van der Waals surface area contributed by atoms with Crippen LogP contribution >= 0.6 is 0 Å². The minimum Gasteiger partial charge on any atom is -0.464 e. The largest absolute Gasteiger partial charge is 0.464 e. The van der Waals surface area contributed by atoms with E-state index >= 15 is 0 Å². The zero-order chi connectivity index (χ0) is 9.26. The molecule has 0 bridgehead atoms. The van der Waals surface area contributed by atoms with E-state index in [0.717, 1.165) is 16.9 Å². The van der Waals surface area contributed by atoms with Crippen LogP contribution in [-0.4, -0.2) is 0 Å². The number of furan rings is 1. The Balaban J connectivity index is 2.53. The Hall–Kier alpha value is -1.57. The molecule has 66 valence electrons. The van der Waals surface area contributed by atoms with Crippen LogP contribution in [-0.2, 0) is 0 Å². The highest BCUT2D eigenvalue weighted by Crippen LogP contribution is 2.24. The summed E-state index contributed by atoms with van der Waals surface area (Å²) in [5.74, 6) is 0.493. The van der Waals surface area contributed by atoms with Gasteiger partial charge in [0.05, 0.1) is 6.26 Å². The minimum atomic E-state index is -0.242. The lowest BCUT2D eigenvalue weighted by Gasteiger charge is -1.97. The predicted molar refractivity (Wildman–Crippen MR) is 48.8 cm³/mol. The van der Waals surface area contributed by atoms with Gasteiger partial charge in [-0.2, -0.15) is 0 Å². The van der Waals surface area contributed by atoms with Gasteiger partial charge in [-0.05, 0) is 30.7 Å². The third kappa shape index (κ3) is 1.47. The number of hydrogen-bond donors (Lipinski definition) is 0. The van der Waals surface area contributed by atoms with Crippen LogP contribution in [0.3, 0.4) is 0 Å². The first-order valence-corrected chi connectivity index (χ1v) is 4.07. The van der Waals surface area contributed by atoms with E-state index in [1.54, 1.807) is 12.3 Å². The first kappa shape index (κ1) is 8.05. The smallest absolute Gasteiger partial charge is 0.136 e. The number of aryl methyl sites for hydroxylation is 1. The van der Waals surface area contributed by atoms with Crippen LogP contribution in [0.15, 0.2) is 41.0 Å². The summed E-state index contributed by atoms with van der Waals surface area (Å²) < 4.78 is 18.1. The second-order valence-electron chi connectivity index (χ2n) is 2.94. The summed E-state index contributed by atoms with van der Waals surface area (Å²) in [5, 5.41) is 0. The minimum absolute atomic E-state index is 0.242. The summed E-state index contributed by atoms with van der Waals surface area (Å²) in [6, 6.07) is 8.25. The molecule has 0 amide bonds. The molecule has 0 aliphatic carbocycles. The van der Waals surface area contributed by atoms with Crippen LogP contribution in [0.2, 0.25) is 0 Å². The fraction of sp³-hybridized carbons (Fsp3) is 0.0909. The Morgan fingerprint density at radius 3 is 2.69 bits per heavy atom. The van der Waals surface area contributed by atoms with Crippen molar-refractivity contribution in [1.29, 1.82) is 0 Å². The van der Waals surface area contributed by atoms with Crippen LogP contribution in [0.4, 0.5) is 4.39 Å². The zero-order valence-electron chi connectivity index (χ0n) is 7.25. The van der Waals surface area contributed by atoms with Crippen LogP contribution < -0.4 is 0 Å². The second kappa shape index (κ2) is 3.05. The molecule has 1 nitrogen and oxygen atoms in total. The molecule has 1 aromatic heterocycles. The maximum absolute atomic E-state index is 12.8. The van der Waals surface area contributed by atoms with E-state index in [2.05, 4.69) is 0 Å². The Kier molecular flexibility index (Phi) is 1.89. The SMILES string of the molecule is Cc1ccoc1-c1cccc(F)c1. The van der Waals surface area contributed by atoms with E-state index in [-0.39, 0.29) is 5.82 Å². The topological polar surface area (TPSA) is 13.1 Å². The lowest BCUT2D eigenvalue weighted by Crippen LogP contribution is -1.78. The highest BCUT2D eigenvalue weighted by molar-refractivity contribution is 5.60. The average Bonchev–Trinajstić information content (AvgIpc) is 2.51. The average molecular weight is 176 g/mol. The molecular formula is C11H9FO. The van der Waals surface area contributed by atoms with Gasteiger partial charge in [0, 0.05) is 5.56 Å². The maximum Gasteiger partial charge on any atom is 0.136 e. The Bertz CT molecular complexity index is 418. The Morgan fingerprint density at radius 2 is 2.08 bits per heavy atom. The van der Waals surface area contributed by atoms with Crippen molar-refractivity contribution in [3.8, 4) is 11.3 Å². The fourth-order valence-electron chi connectivity index (χ4n) is 1.30. The van der Waals surface area contributed by atoms with Gasteiger partial charge in [0.25, 0.3) is 0 Å². The highest BCUT2D eigenvalue weighted by Gasteiger charge is 2.05. The normalized spacial score (nSPS) is 10.3. The van der Waals surface area contributed by atoms with Crippen LogP contribution in [0.5, 0.6) is 0 Å². The number of halogens is 1. The van der Waals surface area contributed by atoms with Gasteiger partial charge in [-0.15, -0.1) is 0 Å². The van der Waals surface area contributed by atoms with E-state index in [4.69, 9.17) is 4.42 Å². The van der Waals surface area contributed by atoms with Crippen molar-refractivity contribution in [3.63, 3.8) is 0 Å². The van der Waals surface area contributed by atoms with E-state index in [1.807, 2.05) is 19.1 Å². The molecule has 2 rings (SSSR count). The number of rotatable bonds is 1. The molecule has 13 heavy (non-hydrogen) atoms. The lowest BCUT2D eigenvalue weighted by molar-refractivity contribution is 0.578. The molecular weight excluding hydrogens is 167 g/mol. The molecule has 0 unspecified atom stereocenters. The third-order valence-electron chi connectivity index (χ3n) is 1.95. The van der Waals surface area contributed by atoms with Crippen LogP contribution in [0, 0.1) is 12.7 Å². The monoisotopic (exact) mass is 176 g/mol. The molecule has 0 atom stereocenters. The molecule has 0 fully saturated rings. The second-order valence-corrected chi connectivity index (χ2v) is 2.94. The highest BCUT2D eigenvalue weighted by atomic mass is 19.1. The third-order valence-corrected chi connectivity index (χ3v) is 1.95. The van der Waals surface area contributed by atoms with Crippen molar-refractivity contribution in [2.24, 2.45) is 0 Å². The molecule has 1 heterocycles. The summed E-state index contributed by atoms with van der Waals surface area (Å²) in [6.45, 7) is 1.93. The molecule has 0 saturated carbocycles. The van der Waals surface area contributed by atoms with Crippen molar-refractivity contribution < 1.29 is 8.81 Å². The van der Waals surface area contributed by atoms with Gasteiger partial charge in [-0.3, -0.25) is 0 Å². The summed E-state index contributed by atoms with van der Waals surface area (Å²) >= 11 is 0. The molecule has 0 radical (unpaired) electrons. The Morgan fingerprint density at radius 1 is 1.23 bits per heavy atom. The van der Waals surface area contributed by atoms with Crippen LogP contribution in [0.1, 0.15) is 5.56 Å². The molecule has 2 heteroatoms. The van der Waals surface area contributed by atoms with Crippen molar-refractivity contribution >= 4 is 0 Å². The van der Waals surface area contributed by atoms with Crippen LogP contribution in [0.25, 0.3) is 11.3 Å². The van der Waals surface area contributed by atoms with E-state index in [0.29, 0.717) is 0 Å². The molecule has 1 aromatic carbocycles. The van der Waals surface area contributed by atoms with Crippen molar-refractivity contribution in [2.75, 3.05) is 0 Å². The van der Waals surface area contributed by atoms with Gasteiger partial charge in [0.15, 0.2) is 0 Å². The van der Waals surface area contributed by atoms with Crippen molar-refractivity contribution in [2.45, 2.75) is 6.92 Å². The van der Waals surface area contributed by atoms with Gasteiger partial charge in [-0.25, -0.2) is 4.39 Å². The molecule has 0 aliphatic heterocycles. The molecule has 0 saturated heterocycles. The van der Waals surface area contributed by atoms with E-state index in [9.17, 15) is 4.39 Å². The summed E-state index contributed by atoms with van der Waals surface area (Å²) in [5.41, 5.74) is 1.80. The molecule has 2 aromatic rings. The fourth-order valence-corrected chi connectivity index (χ4v) is 1.30. The molecule has 0 N–H and O–H groups in total. The van der Waals surface area contributed by atoms with Gasteiger partial charge in [-0.1, -0.05) is 12.1 Å². The maximum atomic E-state index is 12.8. The quantitative estimate of drug-likeness (QED) is 0.649. The first-order chi connectivity index (χ1) is 6.27. The predicted octanol–water partition coefficient (Wildman–Crippen LogP) is 3.39. The zero-order valence-corrected chi connectivity index (χ0v) is 7.25.